The average Bonchev–Trinajstić information content (AvgIpc) is 1.93. The Balaban J connectivity index is 2.22. The summed E-state index contributed by atoms with van der Waals surface area (Å²) < 4.78 is 0. The van der Waals surface area contributed by atoms with E-state index in [1.807, 2.05) is 0 Å². The van der Waals surface area contributed by atoms with Crippen molar-refractivity contribution < 1.29 is 0 Å². The van der Waals surface area contributed by atoms with E-state index in [0.29, 0.717) is 5.92 Å². The molecule has 0 unspecified atom stereocenters. The molecule has 1 aliphatic heterocycles. The fraction of sp³-hybridized carbons (Fsp3) is 0.857. The van der Waals surface area contributed by atoms with E-state index in [0.717, 1.165) is 25.0 Å². The smallest absolute Gasteiger partial charge is 0.168 e. The van der Waals surface area contributed by atoms with Crippen molar-refractivity contribution in [2.45, 2.75) is 13.8 Å². The predicted molar refractivity (Wildman–Crippen MR) is 50.1 cm³/mol. The van der Waals surface area contributed by atoms with Gasteiger partial charge in [-0.2, -0.15) is 0 Å². The summed E-state index contributed by atoms with van der Waals surface area (Å²) in [6.45, 7) is 7.30. The first-order chi connectivity index (χ1) is 5.18. The molecule has 0 bridgehead atoms. The van der Waals surface area contributed by atoms with Gasteiger partial charge in [0.15, 0.2) is 5.11 Å². The third-order valence-electron chi connectivity index (χ3n) is 1.55. The van der Waals surface area contributed by atoms with Crippen LogP contribution in [0.1, 0.15) is 13.8 Å². The molecular formula is C7H15N3S. The molecule has 0 aromatic heterocycles. The molecular weight excluding hydrogens is 158 g/mol. The van der Waals surface area contributed by atoms with E-state index in [-0.39, 0.29) is 0 Å². The lowest BCUT2D eigenvalue weighted by atomic mass is 10.2. The number of rotatable bonds is 2. The Morgan fingerprint density at radius 1 is 1.45 bits per heavy atom. The topological polar surface area (TPSA) is 27.3 Å². The van der Waals surface area contributed by atoms with Crippen molar-refractivity contribution >= 4 is 17.3 Å². The summed E-state index contributed by atoms with van der Waals surface area (Å²) in [4.78, 5) is 2.29. The predicted octanol–water partition coefficient (Wildman–Crippen LogP) is 0.337. The summed E-state index contributed by atoms with van der Waals surface area (Å²) in [5.41, 5.74) is 0. The summed E-state index contributed by atoms with van der Waals surface area (Å²) in [5.74, 6) is 0.713. The van der Waals surface area contributed by atoms with Gasteiger partial charge in [-0.1, -0.05) is 13.8 Å². The van der Waals surface area contributed by atoms with Crippen molar-refractivity contribution in [3.63, 3.8) is 0 Å². The maximum absolute atomic E-state index is 4.92. The van der Waals surface area contributed by atoms with Crippen molar-refractivity contribution in [1.82, 2.24) is 15.5 Å². The fourth-order valence-corrected chi connectivity index (χ4v) is 1.26. The number of nitrogens with zero attached hydrogens (tertiary/aromatic N) is 1. The second kappa shape index (κ2) is 3.88. The first-order valence-corrected chi connectivity index (χ1v) is 4.33. The van der Waals surface area contributed by atoms with Crippen molar-refractivity contribution in [1.29, 1.82) is 0 Å². The van der Waals surface area contributed by atoms with Gasteiger partial charge in [0.2, 0.25) is 0 Å². The molecule has 1 rings (SSSR count). The minimum atomic E-state index is 0.713. The molecule has 0 atom stereocenters. The molecule has 2 N–H and O–H groups in total. The van der Waals surface area contributed by atoms with E-state index in [9.17, 15) is 0 Å². The van der Waals surface area contributed by atoms with Gasteiger partial charge in [-0.3, -0.25) is 4.90 Å². The molecule has 4 heteroatoms. The Morgan fingerprint density at radius 3 is 2.45 bits per heavy atom. The molecule has 1 fully saturated rings. The van der Waals surface area contributed by atoms with E-state index >= 15 is 0 Å². The van der Waals surface area contributed by atoms with E-state index in [4.69, 9.17) is 12.2 Å². The van der Waals surface area contributed by atoms with Crippen LogP contribution in [0.2, 0.25) is 0 Å². The Labute approximate surface area is 73.1 Å². The van der Waals surface area contributed by atoms with Gasteiger partial charge < -0.3 is 10.6 Å². The van der Waals surface area contributed by atoms with Crippen LogP contribution in [0.4, 0.5) is 0 Å². The molecule has 1 saturated heterocycles. The highest BCUT2D eigenvalue weighted by Gasteiger charge is 2.11. The van der Waals surface area contributed by atoms with Gasteiger partial charge in [-0.15, -0.1) is 0 Å². The number of hydrogen-bond donors (Lipinski definition) is 2. The van der Waals surface area contributed by atoms with Crippen LogP contribution in [0.3, 0.4) is 0 Å². The minimum Gasteiger partial charge on any atom is -0.350 e. The molecule has 1 heterocycles. The highest BCUT2D eigenvalue weighted by molar-refractivity contribution is 7.80. The number of nitrogens with one attached hydrogen (secondary N) is 2. The molecule has 0 saturated carbocycles. The van der Waals surface area contributed by atoms with Crippen molar-refractivity contribution in [3.8, 4) is 0 Å². The highest BCUT2D eigenvalue weighted by Crippen LogP contribution is 1.97. The van der Waals surface area contributed by atoms with Crippen molar-refractivity contribution in [2.24, 2.45) is 5.92 Å². The lowest BCUT2D eigenvalue weighted by molar-refractivity contribution is 0.219. The van der Waals surface area contributed by atoms with Crippen LogP contribution in [-0.2, 0) is 0 Å². The van der Waals surface area contributed by atoms with Crippen molar-refractivity contribution in [2.75, 3.05) is 19.9 Å². The molecule has 3 nitrogen and oxygen atoms in total. The zero-order chi connectivity index (χ0) is 8.27. The molecule has 0 aliphatic carbocycles. The third kappa shape index (κ3) is 3.03. The van der Waals surface area contributed by atoms with Gasteiger partial charge in [0.25, 0.3) is 0 Å². The maximum atomic E-state index is 4.92. The molecule has 0 radical (unpaired) electrons. The van der Waals surface area contributed by atoms with Crippen LogP contribution in [0.5, 0.6) is 0 Å². The fourth-order valence-electron chi connectivity index (χ4n) is 1.13. The molecule has 0 aromatic rings. The Hall–Kier alpha value is -0.350. The standard InChI is InChI=1S/C7H15N3S/c1-6(2)3-10-4-8-7(11)9-5-10/h6H,3-5H2,1-2H3,(H2,8,9,11). The quantitative estimate of drug-likeness (QED) is 0.589. The first-order valence-electron chi connectivity index (χ1n) is 3.92. The molecule has 11 heavy (non-hydrogen) atoms. The highest BCUT2D eigenvalue weighted by atomic mass is 32.1. The van der Waals surface area contributed by atoms with Gasteiger partial charge in [-0.25, -0.2) is 0 Å². The van der Waals surface area contributed by atoms with Gasteiger partial charge >= 0.3 is 0 Å². The Bertz CT molecular complexity index is 137. The SMILES string of the molecule is CC(C)CN1CNC(=S)NC1. The maximum Gasteiger partial charge on any atom is 0.168 e. The molecule has 0 spiro atoms. The van der Waals surface area contributed by atoms with Crippen molar-refractivity contribution in [3.05, 3.63) is 0 Å². The Morgan fingerprint density at radius 2 is 2.00 bits per heavy atom. The van der Waals surface area contributed by atoms with Crippen LogP contribution in [-0.4, -0.2) is 29.9 Å². The molecule has 1 aliphatic rings. The van der Waals surface area contributed by atoms with Gasteiger partial charge in [0, 0.05) is 6.54 Å². The van der Waals surface area contributed by atoms with Crippen LogP contribution in [0.15, 0.2) is 0 Å². The third-order valence-corrected chi connectivity index (χ3v) is 1.84. The largest absolute Gasteiger partial charge is 0.350 e. The summed E-state index contributed by atoms with van der Waals surface area (Å²) in [5, 5.41) is 6.94. The lowest BCUT2D eigenvalue weighted by Crippen LogP contribution is -2.54. The van der Waals surface area contributed by atoms with Gasteiger partial charge in [0.05, 0.1) is 13.3 Å². The number of thiocarbonyl (C=S) groups is 1. The van der Waals surface area contributed by atoms with Crippen LogP contribution < -0.4 is 10.6 Å². The molecule has 64 valence electrons. The second-order valence-electron chi connectivity index (χ2n) is 3.25. The minimum absolute atomic E-state index is 0.713. The summed E-state index contributed by atoms with van der Waals surface area (Å²) in [6, 6.07) is 0. The molecule has 0 aromatic carbocycles. The van der Waals surface area contributed by atoms with E-state index in [1.54, 1.807) is 0 Å². The van der Waals surface area contributed by atoms with E-state index in [1.165, 1.54) is 0 Å². The average molecular weight is 173 g/mol. The number of hydrogen-bond acceptors (Lipinski definition) is 2. The van der Waals surface area contributed by atoms with Gasteiger partial charge in [0.1, 0.15) is 0 Å². The zero-order valence-electron chi connectivity index (χ0n) is 7.05. The van der Waals surface area contributed by atoms with Gasteiger partial charge in [-0.05, 0) is 18.1 Å². The first kappa shape index (κ1) is 8.74. The molecule has 0 amide bonds. The Kier molecular flexibility index (Phi) is 3.08. The van der Waals surface area contributed by atoms with E-state index < -0.39 is 0 Å². The monoisotopic (exact) mass is 173 g/mol. The zero-order valence-corrected chi connectivity index (χ0v) is 7.87. The normalized spacial score (nSPS) is 19.7. The van der Waals surface area contributed by atoms with Crippen LogP contribution in [0, 0.1) is 5.92 Å². The lowest BCUT2D eigenvalue weighted by Gasteiger charge is -2.30. The van der Waals surface area contributed by atoms with E-state index in [2.05, 4.69) is 29.4 Å². The summed E-state index contributed by atoms with van der Waals surface area (Å²) in [6.07, 6.45) is 0. The second-order valence-corrected chi connectivity index (χ2v) is 3.65. The summed E-state index contributed by atoms with van der Waals surface area (Å²) in [7, 11) is 0. The summed E-state index contributed by atoms with van der Waals surface area (Å²) >= 11 is 4.92. The van der Waals surface area contributed by atoms with Crippen LogP contribution in [0.25, 0.3) is 0 Å². The van der Waals surface area contributed by atoms with Crippen LogP contribution >= 0.6 is 12.2 Å².